The van der Waals surface area contributed by atoms with Gasteiger partial charge in [0.2, 0.25) is 0 Å². The summed E-state index contributed by atoms with van der Waals surface area (Å²) in [5.74, 6) is 1.34. The number of nitrogens with one attached hydrogen (secondary N) is 1. The summed E-state index contributed by atoms with van der Waals surface area (Å²) < 4.78 is 6.02. The minimum Gasteiger partial charge on any atom is -0.485 e. The van der Waals surface area contributed by atoms with Gasteiger partial charge in [0.15, 0.2) is 16.7 Å². The van der Waals surface area contributed by atoms with E-state index in [1.807, 2.05) is 55.6 Å². The number of hydrogen-bond donors (Lipinski definition) is 1. The molecule has 0 aliphatic rings. The molecule has 4 aromatic rings. The molecule has 3 heterocycles. The molecule has 0 unspecified atom stereocenters. The van der Waals surface area contributed by atoms with E-state index in [1.165, 1.54) is 0 Å². The van der Waals surface area contributed by atoms with Crippen LogP contribution in [0.4, 0.5) is 10.9 Å². The van der Waals surface area contributed by atoms with Crippen molar-refractivity contribution in [2.24, 2.45) is 0 Å². The van der Waals surface area contributed by atoms with Crippen molar-refractivity contribution in [1.82, 2.24) is 15.0 Å². The molecule has 4 rings (SSSR count). The first kappa shape index (κ1) is 15.5. The van der Waals surface area contributed by atoms with Crippen LogP contribution in [0.25, 0.3) is 10.9 Å². The second-order valence-corrected chi connectivity index (χ2v) is 6.77. The van der Waals surface area contributed by atoms with Gasteiger partial charge in [-0.15, -0.1) is 11.3 Å². The average Bonchev–Trinajstić information content (AvgIpc) is 3.06. The summed E-state index contributed by atoms with van der Waals surface area (Å²) in [6.45, 7) is 2.44. The van der Waals surface area contributed by atoms with Gasteiger partial charge in [0.1, 0.15) is 6.61 Å². The van der Waals surface area contributed by atoms with Gasteiger partial charge in [0.25, 0.3) is 0 Å². The lowest BCUT2D eigenvalue weighted by Gasteiger charge is -2.11. The van der Waals surface area contributed by atoms with E-state index in [2.05, 4.69) is 20.3 Å². The zero-order valence-corrected chi connectivity index (χ0v) is 14.5. The maximum absolute atomic E-state index is 6.02. The van der Waals surface area contributed by atoms with Crippen LogP contribution >= 0.6 is 11.3 Å². The molecule has 0 aliphatic carbocycles. The van der Waals surface area contributed by atoms with Gasteiger partial charge in [-0.2, -0.15) is 0 Å². The summed E-state index contributed by atoms with van der Waals surface area (Å²) in [4.78, 5) is 14.3. The summed E-state index contributed by atoms with van der Waals surface area (Å²) in [6.07, 6.45) is 5.36. The first-order valence-electron chi connectivity index (χ1n) is 7.89. The van der Waals surface area contributed by atoms with Crippen molar-refractivity contribution in [1.29, 1.82) is 0 Å². The first-order chi connectivity index (χ1) is 12.3. The maximum atomic E-state index is 6.02. The van der Waals surface area contributed by atoms with Crippen molar-refractivity contribution >= 4 is 33.2 Å². The molecule has 1 aromatic carbocycles. The Labute approximate surface area is 149 Å². The molecule has 124 valence electrons. The Balaban J connectivity index is 1.57. The van der Waals surface area contributed by atoms with Gasteiger partial charge in [-0.25, -0.2) is 9.97 Å². The van der Waals surface area contributed by atoms with Crippen molar-refractivity contribution < 1.29 is 4.74 Å². The zero-order valence-electron chi connectivity index (χ0n) is 13.6. The molecule has 5 nitrogen and oxygen atoms in total. The Hall–Kier alpha value is -2.99. The number of rotatable bonds is 5. The number of hydrogen-bond acceptors (Lipinski definition) is 6. The van der Waals surface area contributed by atoms with Crippen LogP contribution in [0.2, 0.25) is 0 Å². The number of nitrogens with zero attached hydrogens (tertiary/aromatic N) is 3. The molecule has 1 N–H and O–H groups in total. The highest BCUT2D eigenvalue weighted by Crippen LogP contribution is 2.28. The number of thiazole rings is 1. The van der Waals surface area contributed by atoms with E-state index in [9.17, 15) is 0 Å². The van der Waals surface area contributed by atoms with E-state index >= 15 is 0 Å². The predicted octanol–water partition coefficient (Wildman–Crippen LogP) is 4.72. The number of anilines is 2. The summed E-state index contributed by atoms with van der Waals surface area (Å²) in [7, 11) is 0. The number of benzene rings is 1. The lowest BCUT2D eigenvalue weighted by molar-refractivity contribution is 0.308. The molecule has 0 amide bonds. The molecular formula is C19H16N4OS. The van der Waals surface area contributed by atoms with Gasteiger partial charge in [-0.05, 0) is 25.1 Å². The molecule has 3 aromatic heterocycles. The van der Waals surface area contributed by atoms with Crippen molar-refractivity contribution in [2.45, 2.75) is 13.5 Å². The van der Waals surface area contributed by atoms with Gasteiger partial charge < -0.3 is 10.1 Å². The van der Waals surface area contributed by atoms with Gasteiger partial charge >= 0.3 is 0 Å². The molecule has 0 radical (unpaired) electrons. The molecule has 0 aliphatic heterocycles. The van der Waals surface area contributed by atoms with Crippen molar-refractivity contribution in [2.75, 3.05) is 5.32 Å². The highest BCUT2D eigenvalue weighted by molar-refractivity contribution is 7.15. The molecular weight excluding hydrogens is 332 g/mol. The Bertz CT molecular complexity index is 1010. The monoisotopic (exact) mass is 348 g/mol. The summed E-state index contributed by atoms with van der Waals surface area (Å²) in [6, 6.07) is 13.8. The minimum absolute atomic E-state index is 0.422. The Kier molecular flexibility index (Phi) is 4.26. The smallest absolute Gasteiger partial charge is 0.188 e. The zero-order chi connectivity index (χ0) is 17.1. The fourth-order valence-electron chi connectivity index (χ4n) is 2.55. The third-order valence-electron chi connectivity index (χ3n) is 3.72. The van der Waals surface area contributed by atoms with E-state index in [-0.39, 0.29) is 0 Å². The molecule has 0 bridgehead atoms. The lowest BCUT2D eigenvalue weighted by atomic mass is 10.1. The second-order valence-electron chi connectivity index (χ2n) is 5.53. The molecule has 25 heavy (non-hydrogen) atoms. The van der Waals surface area contributed by atoms with E-state index < -0.39 is 0 Å². The van der Waals surface area contributed by atoms with Gasteiger partial charge in [-0.3, -0.25) is 4.98 Å². The van der Waals surface area contributed by atoms with Crippen LogP contribution in [0.3, 0.4) is 0 Å². The minimum atomic E-state index is 0.422. The fraction of sp³-hybridized carbons (Fsp3) is 0.105. The third kappa shape index (κ3) is 3.44. The van der Waals surface area contributed by atoms with E-state index in [0.29, 0.717) is 18.2 Å². The van der Waals surface area contributed by atoms with E-state index in [1.54, 1.807) is 23.7 Å². The average molecular weight is 348 g/mol. The Morgan fingerprint density at radius 3 is 2.72 bits per heavy atom. The van der Waals surface area contributed by atoms with Crippen molar-refractivity contribution in [3.63, 3.8) is 0 Å². The van der Waals surface area contributed by atoms with E-state index in [0.717, 1.165) is 26.5 Å². The van der Waals surface area contributed by atoms with Crippen molar-refractivity contribution in [3.05, 3.63) is 71.5 Å². The first-order valence-corrected chi connectivity index (χ1v) is 8.71. The van der Waals surface area contributed by atoms with Gasteiger partial charge in [0, 0.05) is 34.4 Å². The van der Waals surface area contributed by atoms with Crippen LogP contribution < -0.4 is 10.1 Å². The quantitative estimate of drug-likeness (QED) is 0.565. The molecule has 0 fully saturated rings. The number of ether oxygens (including phenoxy) is 1. The molecule has 0 saturated heterocycles. The number of para-hydroxylation sites is 1. The van der Waals surface area contributed by atoms with Gasteiger partial charge in [0.05, 0.1) is 5.52 Å². The maximum Gasteiger partial charge on any atom is 0.188 e. The molecule has 0 saturated carbocycles. The Morgan fingerprint density at radius 1 is 1.00 bits per heavy atom. The number of pyridine rings is 2. The van der Waals surface area contributed by atoms with E-state index in [4.69, 9.17) is 4.74 Å². The third-order valence-corrected chi connectivity index (χ3v) is 4.54. The van der Waals surface area contributed by atoms with Gasteiger partial charge in [-0.1, -0.05) is 24.3 Å². The van der Waals surface area contributed by atoms with Crippen LogP contribution in [0.15, 0.2) is 61.1 Å². The highest BCUT2D eigenvalue weighted by atomic mass is 32.1. The van der Waals surface area contributed by atoms with Crippen LogP contribution in [0.1, 0.15) is 10.4 Å². The number of fused-ring (bicyclic) bond motifs is 1. The van der Waals surface area contributed by atoms with Crippen molar-refractivity contribution in [3.8, 4) is 5.75 Å². The summed E-state index contributed by atoms with van der Waals surface area (Å²) >= 11 is 1.58. The van der Waals surface area contributed by atoms with Crippen LogP contribution in [0.5, 0.6) is 5.75 Å². The second kappa shape index (κ2) is 6.86. The number of aromatic nitrogens is 3. The SMILES string of the molecule is Cc1cnc(Nc2ncccc2OCc2cccc3cccnc23)s1. The normalized spacial score (nSPS) is 10.8. The lowest BCUT2D eigenvalue weighted by Crippen LogP contribution is -2.01. The number of aryl methyl sites for hydroxylation is 1. The Morgan fingerprint density at radius 2 is 1.84 bits per heavy atom. The predicted molar refractivity (Wildman–Crippen MR) is 100 cm³/mol. The van der Waals surface area contributed by atoms with Crippen LogP contribution in [-0.4, -0.2) is 15.0 Å². The summed E-state index contributed by atoms with van der Waals surface area (Å²) in [5, 5.41) is 5.12. The van der Waals surface area contributed by atoms with Crippen LogP contribution in [-0.2, 0) is 6.61 Å². The highest BCUT2D eigenvalue weighted by Gasteiger charge is 2.09. The standard InChI is InChI=1S/C19H16N4OS/c1-13-11-22-19(25-13)23-18-16(8-4-10-21-18)24-12-15-6-2-5-14-7-3-9-20-17(14)15/h2-11H,12H2,1H3,(H,21,22,23). The molecule has 6 heteroatoms. The molecule has 0 spiro atoms. The largest absolute Gasteiger partial charge is 0.485 e. The summed E-state index contributed by atoms with van der Waals surface area (Å²) in [5.41, 5.74) is 2.00. The topological polar surface area (TPSA) is 59.9 Å². The molecule has 0 atom stereocenters. The van der Waals surface area contributed by atoms with Crippen LogP contribution in [0, 0.1) is 6.92 Å². The fourth-order valence-corrected chi connectivity index (χ4v) is 3.22.